The van der Waals surface area contributed by atoms with Crippen molar-refractivity contribution in [3.05, 3.63) is 34.2 Å². The summed E-state index contributed by atoms with van der Waals surface area (Å²) in [5.74, 6) is -0.750. The van der Waals surface area contributed by atoms with E-state index in [9.17, 15) is 19.2 Å². The largest absolute Gasteiger partial charge is 0.444 e. The van der Waals surface area contributed by atoms with Gasteiger partial charge in [-0.15, -0.1) is 0 Å². The van der Waals surface area contributed by atoms with Crippen molar-refractivity contribution in [2.75, 3.05) is 26.8 Å². The molecule has 1 fully saturated rings. The van der Waals surface area contributed by atoms with Gasteiger partial charge in [0.05, 0.1) is 17.6 Å². The van der Waals surface area contributed by atoms with E-state index in [1.165, 1.54) is 14.0 Å². The molecule has 1 N–H and O–H groups in total. The number of rotatable bonds is 8. The number of imidazole rings is 1. The zero-order chi connectivity index (χ0) is 25.0. The van der Waals surface area contributed by atoms with E-state index in [0.717, 1.165) is 23.9 Å². The van der Waals surface area contributed by atoms with E-state index in [2.05, 4.69) is 5.32 Å². The number of carbonyl (C=O) groups is 3. The number of likely N-dealkylation sites (N-methyl/N-ethyl adjacent to an activating group) is 1. The summed E-state index contributed by atoms with van der Waals surface area (Å²) in [7, 11) is 3.36. The summed E-state index contributed by atoms with van der Waals surface area (Å²) in [6.07, 6.45) is 1.69. The molecule has 0 saturated carbocycles. The van der Waals surface area contributed by atoms with Gasteiger partial charge in [-0.2, -0.15) is 0 Å². The fraction of sp³-hybridized carbons (Fsp3) is 0.583. The number of carbonyl (C=O) groups excluding carboxylic acids is 3. The van der Waals surface area contributed by atoms with Gasteiger partial charge in [0.15, 0.2) is 0 Å². The first kappa shape index (κ1) is 25.5. The molecular formula is C24H34N4O6. The van der Waals surface area contributed by atoms with E-state index in [-0.39, 0.29) is 24.1 Å². The lowest BCUT2D eigenvalue weighted by Crippen LogP contribution is -2.44. The fourth-order valence-electron chi connectivity index (χ4n) is 3.91. The molecule has 1 aromatic carbocycles. The molecule has 1 aliphatic rings. The Hall–Kier alpha value is -3.14. The molecule has 1 saturated heterocycles. The summed E-state index contributed by atoms with van der Waals surface area (Å²) >= 11 is 0. The molecule has 2 aromatic rings. The van der Waals surface area contributed by atoms with Gasteiger partial charge in [0.25, 0.3) is 0 Å². The Kier molecular flexibility index (Phi) is 7.81. The van der Waals surface area contributed by atoms with Crippen molar-refractivity contribution < 1.29 is 23.9 Å². The standard InChI is InChI=1S/C24H34N4O6/c1-24(2,3)34-23(32)26(4)12-14-33-13-6-7-16-8-9-17-19(15-16)27(5)22(31)28(17)18-10-11-20(29)25-21(18)30/h8-9,15,18H,6-7,10-14H2,1-5H3,(H,25,29,30). The van der Waals surface area contributed by atoms with E-state index >= 15 is 0 Å². The van der Waals surface area contributed by atoms with E-state index < -0.39 is 17.6 Å². The number of nitrogens with zero attached hydrogens (tertiary/aromatic N) is 3. The molecule has 10 heteroatoms. The maximum absolute atomic E-state index is 12.8. The SMILES string of the molecule is CN(CCOCCCc1ccc2c(c1)n(C)c(=O)n2C1CCC(=O)NC1=O)C(=O)OC(C)(C)C. The number of amides is 3. The highest BCUT2D eigenvalue weighted by molar-refractivity contribution is 6.00. The number of hydrogen-bond donors (Lipinski definition) is 1. The lowest BCUT2D eigenvalue weighted by atomic mass is 10.1. The minimum absolute atomic E-state index is 0.213. The summed E-state index contributed by atoms with van der Waals surface area (Å²) < 4.78 is 14.0. The molecule has 3 amide bonds. The van der Waals surface area contributed by atoms with E-state index in [1.54, 1.807) is 14.1 Å². The molecule has 10 nitrogen and oxygen atoms in total. The summed E-state index contributed by atoms with van der Waals surface area (Å²) in [6.45, 7) is 6.88. The zero-order valence-electron chi connectivity index (χ0n) is 20.6. The molecule has 0 aliphatic carbocycles. The van der Waals surface area contributed by atoms with E-state index in [0.29, 0.717) is 31.7 Å². The first-order chi connectivity index (χ1) is 16.0. The Morgan fingerprint density at radius 3 is 2.59 bits per heavy atom. The molecule has 186 valence electrons. The minimum atomic E-state index is -0.688. The van der Waals surface area contributed by atoms with Crippen LogP contribution in [0.1, 0.15) is 51.6 Å². The third-order valence-corrected chi connectivity index (χ3v) is 5.71. The Balaban J connectivity index is 1.53. The summed E-state index contributed by atoms with van der Waals surface area (Å²) in [6, 6.07) is 5.06. The molecule has 1 atom stereocenters. The number of fused-ring (bicyclic) bond motifs is 1. The van der Waals surface area contributed by atoms with Crippen LogP contribution in [0.15, 0.2) is 23.0 Å². The van der Waals surface area contributed by atoms with Crippen LogP contribution in [0.25, 0.3) is 11.0 Å². The highest BCUT2D eigenvalue weighted by Gasteiger charge is 2.31. The molecule has 1 aromatic heterocycles. The Labute approximate surface area is 198 Å². The molecular weight excluding hydrogens is 440 g/mol. The number of benzene rings is 1. The average Bonchev–Trinajstić information content (AvgIpc) is 2.99. The number of hydrogen-bond acceptors (Lipinski definition) is 6. The Morgan fingerprint density at radius 2 is 1.91 bits per heavy atom. The van der Waals surface area contributed by atoms with Gasteiger partial charge in [-0.3, -0.25) is 24.0 Å². The zero-order valence-corrected chi connectivity index (χ0v) is 20.6. The van der Waals surface area contributed by atoms with Crippen LogP contribution in [0, 0.1) is 0 Å². The fourth-order valence-corrected chi connectivity index (χ4v) is 3.91. The van der Waals surface area contributed by atoms with Crippen LogP contribution < -0.4 is 11.0 Å². The van der Waals surface area contributed by atoms with Gasteiger partial charge in [-0.1, -0.05) is 6.07 Å². The van der Waals surface area contributed by atoms with Crippen molar-refractivity contribution in [3.63, 3.8) is 0 Å². The summed E-state index contributed by atoms with van der Waals surface area (Å²) in [5.41, 5.74) is 1.66. The molecule has 1 unspecified atom stereocenters. The van der Waals surface area contributed by atoms with Gasteiger partial charge in [-0.25, -0.2) is 9.59 Å². The molecule has 0 spiro atoms. The van der Waals surface area contributed by atoms with Gasteiger partial charge < -0.3 is 14.4 Å². The van der Waals surface area contributed by atoms with Crippen LogP contribution in [-0.2, 0) is 32.5 Å². The van der Waals surface area contributed by atoms with Gasteiger partial charge in [0, 0.05) is 33.7 Å². The van der Waals surface area contributed by atoms with Crippen molar-refractivity contribution >= 4 is 28.9 Å². The van der Waals surface area contributed by atoms with E-state index in [4.69, 9.17) is 9.47 Å². The number of piperidine rings is 1. The van der Waals surface area contributed by atoms with Crippen molar-refractivity contribution in [2.24, 2.45) is 7.05 Å². The number of aromatic nitrogens is 2. The topological polar surface area (TPSA) is 112 Å². The summed E-state index contributed by atoms with van der Waals surface area (Å²) in [4.78, 5) is 50.0. The third-order valence-electron chi connectivity index (χ3n) is 5.71. The predicted molar refractivity (Wildman–Crippen MR) is 127 cm³/mol. The molecule has 34 heavy (non-hydrogen) atoms. The van der Waals surface area contributed by atoms with Crippen molar-refractivity contribution in [2.45, 2.75) is 58.1 Å². The summed E-state index contributed by atoms with van der Waals surface area (Å²) in [5, 5.41) is 2.32. The van der Waals surface area contributed by atoms with Crippen LogP contribution in [-0.4, -0.2) is 64.3 Å². The Morgan fingerprint density at radius 1 is 1.18 bits per heavy atom. The minimum Gasteiger partial charge on any atom is -0.444 e. The molecule has 1 aliphatic heterocycles. The Bertz CT molecular complexity index is 1130. The first-order valence-electron chi connectivity index (χ1n) is 11.5. The van der Waals surface area contributed by atoms with Crippen LogP contribution in [0.2, 0.25) is 0 Å². The van der Waals surface area contributed by atoms with Crippen LogP contribution in [0.3, 0.4) is 0 Å². The number of imide groups is 1. The lowest BCUT2D eigenvalue weighted by Gasteiger charge is -2.24. The molecule has 0 radical (unpaired) electrons. The molecule has 0 bridgehead atoms. The second-order valence-corrected chi connectivity index (χ2v) is 9.62. The van der Waals surface area contributed by atoms with Crippen LogP contribution in [0.4, 0.5) is 4.79 Å². The second-order valence-electron chi connectivity index (χ2n) is 9.62. The van der Waals surface area contributed by atoms with E-state index in [1.807, 2.05) is 39.0 Å². The average molecular weight is 475 g/mol. The van der Waals surface area contributed by atoms with Crippen LogP contribution in [0.5, 0.6) is 0 Å². The van der Waals surface area contributed by atoms with Gasteiger partial charge >= 0.3 is 11.8 Å². The van der Waals surface area contributed by atoms with Gasteiger partial charge in [0.1, 0.15) is 11.6 Å². The molecule has 2 heterocycles. The first-order valence-corrected chi connectivity index (χ1v) is 11.5. The maximum Gasteiger partial charge on any atom is 0.410 e. The van der Waals surface area contributed by atoms with Crippen molar-refractivity contribution in [3.8, 4) is 0 Å². The molecule has 3 rings (SSSR count). The smallest absolute Gasteiger partial charge is 0.410 e. The third kappa shape index (κ3) is 6.05. The maximum atomic E-state index is 12.8. The highest BCUT2D eigenvalue weighted by Crippen LogP contribution is 2.24. The van der Waals surface area contributed by atoms with Gasteiger partial charge in [0.2, 0.25) is 11.8 Å². The second kappa shape index (κ2) is 10.4. The quantitative estimate of drug-likeness (QED) is 0.463. The predicted octanol–water partition coefficient (Wildman–Crippen LogP) is 2.13. The van der Waals surface area contributed by atoms with Gasteiger partial charge in [-0.05, 0) is 57.7 Å². The number of nitrogens with one attached hydrogen (secondary N) is 1. The lowest BCUT2D eigenvalue weighted by molar-refractivity contribution is -0.135. The van der Waals surface area contributed by atoms with Crippen molar-refractivity contribution in [1.29, 1.82) is 0 Å². The van der Waals surface area contributed by atoms with Crippen LogP contribution >= 0.6 is 0 Å². The number of ether oxygens (including phenoxy) is 2. The van der Waals surface area contributed by atoms with Crippen molar-refractivity contribution in [1.82, 2.24) is 19.4 Å². The number of aryl methyl sites for hydroxylation is 2. The monoisotopic (exact) mass is 474 g/mol. The normalized spacial score (nSPS) is 16.6. The highest BCUT2D eigenvalue weighted by atomic mass is 16.6.